The molecule has 1 aromatic heterocycles. The molecule has 0 aliphatic heterocycles. The third-order valence-electron chi connectivity index (χ3n) is 2.64. The minimum atomic E-state index is 0.827. The number of hydrogen-bond acceptors (Lipinski definition) is 1. The molecule has 0 bridgehead atoms. The van der Waals surface area contributed by atoms with Gasteiger partial charge < -0.3 is 0 Å². The average molecular weight is 161 g/mol. The summed E-state index contributed by atoms with van der Waals surface area (Å²) in [7, 11) is 0. The molecule has 0 spiro atoms. The summed E-state index contributed by atoms with van der Waals surface area (Å²) in [6.07, 6.45) is 5.72. The second kappa shape index (κ2) is 2.89. The first-order valence-corrected chi connectivity index (χ1v) is 4.70. The second-order valence-corrected chi connectivity index (χ2v) is 3.97. The van der Waals surface area contributed by atoms with E-state index in [0.29, 0.717) is 0 Å². The Balaban J connectivity index is 2.37. The molecule has 1 heterocycles. The molecule has 0 saturated carbocycles. The van der Waals surface area contributed by atoms with E-state index in [-0.39, 0.29) is 0 Å². The predicted molar refractivity (Wildman–Crippen MR) is 50.2 cm³/mol. The van der Waals surface area contributed by atoms with E-state index in [4.69, 9.17) is 0 Å². The lowest BCUT2D eigenvalue weighted by Gasteiger charge is -2.20. The molecular formula is C11H15N. The molecule has 12 heavy (non-hydrogen) atoms. The van der Waals surface area contributed by atoms with Crippen LogP contribution in [0.1, 0.15) is 30.2 Å². The van der Waals surface area contributed by atoms with Crippen LogP contribution in [0.2, 0.25) is 0 Å². The summed E-state index contributed by atoms with van der Waals surface area (Å²) in [5.41, 5.74) is 4.11. The maximum absolute atomic E-state index is 4.47. The van der Waals surface area contributed by atoms with Crippen molar-refractivity contribution in [3.8, 4) is 0 Å². The van der Waals surface area contributed by atoms with E-state index in [1.165, 1.54) is 36.1 Å². The number of fused-ring (bicyclic) bond motifs is 1. The van der Waals surface area contributed by atoms with Crippen molar-refractivity contribution < 1.29 is 0 Å². The van der Waals surface area contributed by atoms with Crippen LogP contribution in [0.3, 0.4) is 0 Å². The molecule has 1 heteroatoms. The van der Waals surface area contributed by atoms with E-state index in [2.05, 4.69) is 24.9 Å². The zero-order valence-electron chi connectivity index (χ0n) is 7.80. The molecule has 1 aromatic rings. The summed E-state index contributed by atoms with van der Waals surface area (Å²) in [4.78, 5) is 4.47. The van der Waals surface area contributed by atoms with Crippen LogP contribution >= 0.6 is 0 Å². The van der Waals surface area contributed by atoms with Crippen molar-refractivity contribution in [1.29, 1.82) is 0 Å². The molecule has 1 unspecified atom stereocenters. The van der Waals surface area contributed by atoms with E-state index in [1.807, 2.05) is 6.20 Å². The molecule has 0 fully saturated rings. The molecule has 1 nitrogen and oxygen atoms in total. The van der Waals surface area contributed by atoms with Gasteiger partial charge in [0, 0.05) is 11.9 Å². The van der Waals surface area contributed by atoms with Crippen LogP contribution in [0.25, 0.3) is 0 Å². The first-order chi connectivity index (χ1) is 5.75. The third-order valence-corrected chi connectivity index (χ3v) is 2.64. The Morgan fingerprint density at radius 2 is 2.33 bits per heavy atom. The van der Waals surface area contributed by atoms with E-state index >= 15 is 0 Å². The van der Waals surface area contributed by atoms with Crippen molar-refractivity contribution in [2.24, 2.45) is 5.92 Å². The highest BCUT2D eigenvalue weighted by atomic mass is 14.7. The molecule has 0 N–H and O–H groups in total. The number of aryl methyl sites for hydroxylation is 2. The Kier molecular flexibility index (Phi) is 1.87. The third kappa shape index (κ3) is 1.36. The number of hydrogen-bond donors (Lipinski definition) is 0. The van der Waals surface area contributed by atoms with Gasteiger partial charge in [0.1, 0.15) is 0 Å². The number of nitrogens with zero attached hydrogens (tertiary/aromatic N) is 1. The highest BCUT2D eigenvalue weighted by molar-refractivity contribution is 5.26. The van der Waals surface area contributed by atoms with Crippen molar-refractivity contribution in [3.63, 3.8) is 0 Å². The summed E-state index contributed by atoms with van der Waals surface area (Å²) < 4.78 is 0. The minimum absolute atomic E-state index is 0.827. The fourth-order valence-electron chi connectivity index (χ4n) is 1.89. The van der Waals surface area contributed by atoms with Gasteiger partial charge in [-0.2, -0.15) is 0 Å². The van der Waals surface area contributed by atoms with Gasteiger partial charge in [0.15, 0.2) is 0 Å². The van der Waals surface area contributed by atoms with Crippen molar-refractivity contribution >= 4 is 0 Å². The van der Waals surface area contributed by atoms with Gasteiger partial charge >= 0.3 is 0 Å². The summed E-state index contributed by atoms with van der Waals surface area (Å²) in [6, 6.07) is 2.29. The highest BCUT2D eigenvalue weighted by Crippen LogP contribution is 2.23. The Bertz CT molecular complexity index is 291. The SMILES string of the molecule is Cc1cnc2c(c1)CCC(C)C2. The van der Waals surface area contributed by atoms with E-state index in [0.717, 1.165) is 5.92 Å². The molecule has 0 radical (unpaired) electrons. The van der Waals surface area contributed by atoms with Gasteiger partial charge in [0.25, 0.3) is 0 Å². The Morgan fingerprint density at radius 1 is 1.50 bits per heavy atom. The second-order valence-electron chi connectivity index (χ2n) is 3.97. The average Bonchev–Trinajstić information content (AvgIpc) is 2.05. The maximum Gasteiger partial charge on any atom is 0.0438 e. The van der Waals surface area contributed by atoms with E-state index in [9.17, 15) is 0 Å². The first kappa shape index (κ1) is 7.78. The van der Waals surface area contributed by atoms with Gasteiger partial charge in [-0.05, 0) is 43.2 Å². The fraction of sp³-hybridized carbons (Fsp3) is 0.545. The van der Waals surface area contributed by atoms with Crippen molar-refractivity contribution in [1.82, 2.24) is 4.98 Å². The van der Waals surface area contributed by atoms with Gasteiger partial charge in [-0.3, -0.25) is 4.98 Å². The van der Waals surface area contributed by atoms with Crippen LogP contribution in [0, 0.1) is 12.8 Å². The smallest absolute Gasteiger partial charge is 0.0438 e. The Morgan fingerprint density at radius 3 is 3.17 bits per heavy atom. The minimum Gasteiger partial charge on any atom is -0.261 e. The van der Waals surface area contributed by atoms with Crippen molar-refractivity contribution in [2.75, 3.05) is 0 Å². The largest absolute Gasteiger partial charge is 0.261 e. The lowest BCUT2D eigenvalue weighted by molar-refractivity contribution is 0.492. The van der Waals surface area contributed by atoms with Crippen molar-refractivity contribution in [2.45, 2.75) is 33.1 Å². The van der Waals surface area contributed by atoms with Gasteiger partial charge in [0.05, 0.1) is 0 Å². The number of rotatable bonds is 0. The van der Waals surface area contributed by atoms with Gasteiger partial charge in [-0.1, -0.05) is 13.0 Å². The highest BCUT2D eigenvalue weighted by Gasteiger charge is 2.15. The van der Waals surface area contributed by atoms with E-state index < -0.39 is 0 Å². The van der Waals surface area contributed by atoms with Crippen LogP contribution in [0.15, 0.2) is 12.3 Å². The molecular weight excluding hydrogens is 146 g/mol. The molecule has 0 amide bonds. The monoisotopic (exact) mass is 161 g/mol. The van der Waals surface area contributed by atoms with Crippen LogP contribution in [-0.4, -0.2) is 4.98 Å². The van der Waals surface area contributed by atoms with Crippen LogP contribution in [0.5, 0.6) is 0 Å². The lowest BCUT2D eigenvalue weighted by Crippen LogP contribution is -2.12. The first-order valence-electron chi connectivity index (χ1n) is 4.70. The molecule has 1 aliphatic carbocycles. The summed E-state index contributed by atoms with van der Waals surface area (Å²) in [5.74, 6) is 0.827. The Hall–Kier alpha value is -0.850. The topological polar surface area (TPSA) is 12.9 Å². The van der Waals surface area contributed by atoms with Crippen LogP contribution in [0.4, 0.5) is 0 Å². The zero-order valence-corrected chi connectivity index (χ0v) is 7.80. The summed E-state index contributed by atoms with van der Waals surface area (Å²) in [5, 5.41) is 0. The normalized spacial score (nSPS) is 22.0. The zero-order chi connectivity index (χ0) is 8.55. The molecule has 0 aromatic carbocycles. The van der Waals surface area contributed by atoms with E-state index in [1.54, 1.807) is 0 Å². The van der Waals surface area contributed by atoms with Gasteiger partial charge in [-0.15, -0.1) is 0 Å². The number of pyridine rings is 1. The molecule has 0 saturated heterocycles. The van der Waals surface area contributed by atoms with Crippen LogP contribution in [-0.2, 0) is 12.8 Å². The lowest BCUT2D eigenvalue weighted by atomic mass is 9.88. The number of aromatic nitrogens is 1. The molecule has 2 rings (SSSR count). The predicted octanol–water partition coefficient (Wildman–Crippen LogP) is 2.51. The summed E-state index contributed by atoms with van der Waals surface area (Å²) >= 11 is 0. The summed E-state index contributed by atoms with van der Waals surface area (Å²) in [6.45, 7) is 4.43. The van der Waals surface area contributed by atoms with Crippen molar-refractivity contribution in [3.05, 3.63) is 29.1 Å². The fourth-order valence-corrected chi connectivity index (χ4v) is 1.89. The Labute approximate surface area is 73.8 Å². The van der Waals surface area contributed by atoms with Gasteiger partial charge in [-0.25, -0.2) is 0 Å². The molecule has 1 aliphatic rings. The molecule has 64 valence electrons. The van der Waals surface area contributed by atoms with Gasteiger partial charge in [0.2, 0.25) is 0 Å². The quantitative estimate of drug-likeness (QED) is 0.569. The maximum atomic E-state index is 4.47. The van der Waals surface area contributed by atoms with Crippen LogP contribution < -0.4 is 0 Å². The standard InChI is InChI=1S/C11H15N/c1-8-3-4-10-5-9(2)7-12-11(10)6-8/h5,7-8H,3-4,6H2,1-2H3. The molecule has 1 atom stereocenters.